The van der Waals surface area contributed by atoms with Crippen LogP contribution in [0.25, 0.3) is 0 Å². The van der Waals surface area contributed by atoms with Gasteiger partial charge in [0.1, 0.15) is 6.04 Å². The first-order valence-electron chi connectivity index (χ1n) is 4.44. The molecule has 0 fully saturated rings. The molecule has 7 N–H and O–H groups in total. The first-order valence-corrected chi connectivity index (χ1v) is 4.44. The van der Waals surface area contributed by atoms with Crippen molar-refractivity contribution in [3.05, 3.63) is 0 Å². The summed E-state index contributed by atoms with van der Waals surface area (Å²) < 4.78 is 0. The number of hydrogen-bond acceptors (Lipinski definition) is 5. The summed E-state index contributed by atoms with van der Waals surface area (Å²) in [5.41, 5.74) is 15.8. The highest BCUT2D eigenvalue weighted by atomic mass is 16.4. The normalized spacial score (nSPS) is 14.8. The van der Waals surface area contributed by atoms with E-state index in [4.69, 9.17) is 22.3 Å². The van der Waals surface area contributed by atoms with Crippen LogP contribution in [-0.2, 0) is 9.59 Å². The van der Waals surface area contributed by atoms with E-state index in [0.29, 0.717) is 6.42 Å². The molecule has 6 nitrogen and oxygen atoms in total. The molecular formula is C8H17N3O3. The number of carboxylic acid groups (broad SMARTS) is 1. The number of carboxylic acids is 1. The van der Waals surface area contributed by atoms with E-state index in [-0.39, 0.29) is 31.2 Å². The largest absolute Gasteiger partial charge is 0.480 e. The number of Topliss-reactive ketones (excluding diaryl/α,β-unsaturated/α-hetero) is 1. The third-order valence-electron chi connectivity index (χ3n) is 2.08. The lowest BCUT2D eigenvalue weighted by Crippen LogP contribution is -2.34. The Balaban J connectivity index is 3.95. The highest BCUT2D eigenvalue weighted by molar-refractivity contribution is 5.83. The molecule has 0 saturated carbocycles. The number of carbonyl (C=O) groups excluding carboxylic acids is 1. The van der Waals surface area contributed by atoms with Gasteiger partial charge in [-0.3, -0.25) is 9.59 Å². The van der Waals surface area contributed by atoms with Crippen molar-refractivity contribution >= 4 is 11.8 Å². The third kappa shape index (κ3) is 4.31. The van der Waals surface area contributed by atoms with Crippen LogP contribution >= 0.6 is 0 Å². The van der Waals surface area contributed by atoms with Gasteiger partial charge in [0.2, 0.25) is 0 Å². The van der Waals surface area contributed by atoms with Crippen LogP contribution in [0, 0.1) is 5.92 Å². The van der Waals surface area contributed by atoms with E-state index in [1.807, 2.05) is 0 Å². The maximum atomic E-state index is 11.1. The molecule has 2 atom stereocenters. The minimum absolute atomic E-state index is 0.0653. The van der Waals surface area contributed by atoms with E-state index in [0.717, 1.165) is 0 Å². The molecule has 0 aromatic heterocycles. The third-order valence-corrected chi connectivity index (χ3v) is 2.08. The Bertz CT molecular complexity index is 208. The van der Waals surface area contributed by atoms with Gasteiger partial charge >= 0.3 is 5.97 Å². The molecule has 0 rings (SSSR count). The Hall–Kier alpha value is -0.980. The van der Waals surface area contributed by atoms with Crippen molar-refractivity contribution in [3.63, 3.8) is 0 Å². The number of hydrogen-bond donors (Lipinski definition) is 4. The molecule has 0 saturated heterocycles. The van der Waals surface area contributed by atoms with Crippen molar-refractivity contribution in [1.82, 2.24) is 0 Å². The summed E-state index contributed by atoms with van der Waals surface area (Å²) in [4.78, 5) is 21.5. The molecular weight excluding hydrogens is 186 g/mol. The van der Waals surface area contributed by atoms with Crippen molar-refractivity contribution in [1.29, 1.82) is 0 Å². The zero-order valence-electron chi connectivity index (χ0n) is 7.98. The van der Waals surface area contributed by atoms with Gasteiger partial charge in [-0.2, -0.15) is 0 Å². The Kier molecular flexibility index (Phi) is 6.02. The number of carbonyl (C=O) groups is 2. The summed E-state index contributed by atoms with van der Waals surface area (Å²) in [6, 6.07) is -0.936. The van der Waals surface area contributed by atoms with Crippen molar-refractivity contribution < 1.29 is 14.7 Å². The second-order valence-electron chi connectivity index (χ2n) is 3.13. The standard InChI is InChI=1S/C8H17N3O3/c9-3-5(7(12)4-10)1-2-6(11)8(13)14/h5-6H,1-4,9-11H2,(H,13,14)/t5?,6-/m0/s1. The first kappa shape index (κ1) is 13.0. The van der Waals surface area contributed by atoms with E-state index in [2.05, 4.69) is 0 Å². The van der Waals surface area contributed by atoms with Crippen LogP contribution in [0.5, 0.6) is 0 Å². The van der Waals surface area contributed by atoms with Crippen LogP contribution < -0.4 is 17.2 Å². The Morgan fingerprint density at radius 3 is 2.14 bits per heavy atom. The zero-order chi connectivity index (χ0) is 11.1. The van der Waals surface area contributed by atoms with Crippen molar-refractivity contribution in [2.24, 2.45) is 23.1 Å². The summed E-state index contributed by atoms with van der Waals surface area (Å²) in [5, 5.41) is 8.50. The topological polar surface area (TPSA) is 132 Å². The van der Waals surface area contributed by atoms with Crippen LogP contribution in [0.2, 0.25) is 0 Å². The zero-order valence-corrected chi connectivity index (χ0v) is 7.98. The van der Waals surface area contributed by atoms with Gasteiger partial charge in [-0.05, 0) is 12.8 Å². The van der Waals surface area contributed by atoms with Crippen molar-refractivity contribution in [2.45, 2.75) is 18.9 Å². The highest BCUT2D eigenvalue weighted by Gasteiger charge is 2.18. The quantitative estimate of drug-likeness (QED) is 0.389. The minimum atomic E-state index is -1.07. The van der Waals surface area contributed by atoms with Gasteiger partial charge in [0.15, 0.2) is 5.78 Å². The Morgan fingerprint density at radius 1 is 1.21 bits per heavy atom. The van der Waals surface area contributed by atoms with E-state index >= 15 is 0 Å². The fourth-order valence-electron chi connectivity index (χ4n) is 1.08. The van der Waals surface area contributed by atoms with Gasteiger partial charge in [-0.25, -0.2) is 0 Å². The Morgan fingerprint density at radius 2 is 1.79 bits per heavy atom. The number of rotatable bonds is 7. The molecule has 0 radical (unpaired) electrons. The predicted octanol–water partition coefficient (Wildman–Crippen LogP) is -1.72. The molecule has 0 aliphatic heterocycles. The molecule has 0 aromatic rings. The summed E-state index contributed by atoms with van der Waals surface area (Å²) in [7, 11) is 0. The molecule has 0 heterocycles. The lowest BCUT2D eigenvalue weighted by Gasteiger charge is -2.13. The molecule has 0 spiro atoms. The highest BCUT2D eigenvalue weighted by Crippen LogP contribution is 2.07. The van der Waals surface area contributed by atoms with Gasteiger partial charge in [0.05, 0.1) is 6.54 Å². The smallest absolute Gasteiger partial charge is 0.320 e. The van der Waals surface area contributed by atoms with Crippen molar-refractivity contribution in [3.8, 4) is 0 Å². The molecule has 82 valence electrons. The van der Waals surface area contributed by atoms with Crippen LogP contribution in [0.4, 0.5) is 0 Å². The van der Waals surface area contributed by atoms with E-state index in [9.17, 15) is 9.59 Å². The molecule has 1 unspecified atom stereocenters. The summed E-state index contributed by atoms with van der Waals surface area (Å²) in [6.07, 6.45) is 0.614. The summed E-state index contributed by atoms with van der Waals surface area (Å²) in [5.74, 6) is -1.59. The molecule has 0 amide bonds. The number of ketones is 1. The molecule has 0 aromatic carbocycles. The maximum absolute atomic E-state index is 11.1. The number of nitrogens with two attached hydrogens (primary N) is 3. The van der Waals surface area contributed by atoms with Crippen molar-refractivity contribution in [2.75, 3.05) is 13.1 Å². The average molecular weight is 203 g/mol. The van der Waals surface area contributed by atoms with Gasteiger partial charge in [0.25, 0.3) is 0 Å². The lowest BCUT2D eigenvalue weighted by molar-refractivity contribution is -0.139. The maximum Gasteiger partial charge on any atom is 0.320 e. The first-order chi connectivity index (χ1) is 6.52. The SMILES string of the molecule is NCC(=O)C(CN)CC[C@H](N)C(=O)O. The monoisotopic (exact) mass is 203 g/mol. The summed E-state index contributed by atoms with van der Waals surface area (Å²) >= 11 is 0. The van der Waals surface area contributed by atoms with Crippen LogP contribution in [-0.4, -0.2) is 36.0 Å². The Labute approximate surface area is 82.4 Å². The minimum Gasteiger partial charge on any atom is -0.480 e. The second kappa shape index (κ2) is 6.47. The lowest BCUT2D eigenvalue weighted by atomic mass is 9.96. The van der Waals surface area contributed by atoms with E-state index in [1.165, 1.54) is 0 Å². The molecule has 0 aliphatic rings. The summed E-state index contributed by atoms with van der Waals surface area (Å²) in [6.45, 7) is 0.118. The van der Waals surface area contributed by atoms with E-state index < -0.39 is 12.0 Å². The fourth-order valence-corrected chi connectivity index (χ4v) is 1.08. The van der Waals surface area contributed by atoms with Gasteiger partial charge in [-0.1, -0.05) is 0 Å². The van der Waals surface area contributed by atoms with Gasteiger partial charge < -0.3 is 22.3 Å². The average Bonchev–Trinajstić information content (AvgIpc) is 2.17. The van der Waals surface area contributed by atoms with Crippen LogP contribution in [0.1, 0.15) is 12.8 Å². The fraction of sp³-hybridized carbons (Fsp3) is 0.750. The van der Waals surface area contributed by atoms with Crippen LogP contribution in [0.15, 0.2) is 0 Å². The second-order valence-corrected chi connectivity index (χ2v) is 3.13. The molecule has 14 heavy (non-hydrogen) atoms. The molecule has 0 aliphatic carbocycles. The van der Waals surface area contributed by atoms with Gasteiger partial charge in [0, 0.05) is 12.5 Å². The van der Waals surface area contributed by atoms with Crippen LogP contribution in [0.3, 0.4) is 0 Å². The predicted molar refractivity (Wildman–Crippen MR) is 51.5 cm³/mol. The van der Waals surface area contributed by atoms with Gasteiger partial charge in [-0.15, -0.1) is 0 Å². The molecule has 6 heteroatoms. The molecule has 0 bridgehead atoms. The van der Waals surface area contributed by atoms with E-state index in [1.54, 1.807) is 0 Å². The number of aliphatic carboxylic acids is 1.